The minimum Gasteiger partial charge on any atom is -0.382 e. The standard InChI is InChI=1S/C11H22N6O2/c1-12-9-14-10(16-11(15-9)17(2)3)13-5-6-19-8-7-18-4/h5-8H2,1-4H3,(H2,12,13,14,15,16). The molecule has 0 saturated heterocycles. The molecule has 0 fully saturated rings. The smallest absolute Gasteiger partial charge is 0.231 e. The SMILES string of the molecule is CNc1nc(NCCOCCOC)nc(N(C)C)n1. The van der Waals surface area contributed by atoms with Crippen LogP contribution in [0.5, 0.6) is 0 Å². The van der Waals surface area contributed by atoms with E-state index >= 15 is 0 Å². The van der Waals surface area contributed by atoms with Gasteiger partial charge in [0.2, 0.25) is 17.8 Å². The lowest BCUT2D eigenvalue weighted by atomic mass is 10.6. The third kappa shape index (κ3) is 5.66. The van der Waals surface area contributed by atoms with E-state index in [0.29, 0.717) is 44.2 Å². The summed E-state index contributed by atoms with van der Waals surface area (Å²) in [5.41, 5.74) is 0. The van der Waals surface area contributed by atoms with Gasteiger partial charge in [0.1, 0.15) is 0 Å². The molecule has 8 nitrogen and oxygen atoms in total. The molecule has 1 rings (SSSR count). The van der Waals surface area contributed by atoms with E-state index in [1.165, 1.54) is 0 Å². The Morgan fingerprint density at radius 2 is 1.79 bits per heavy atom. The van der Waals surface area contributed by atoms with Crippen molar-refractivity contribution >= 4 is 17.8 Å². The molecule has 0 unspecified atom stereocenters. The minimum absolute atomic E-state index is 0.526. The molecule has 19 heavy (non-hydrogen) atoms. The lowest BCUT2D eigenvalue weighted by Gasteiger charge is -2.13. The zero-order valence-corrected chi connectivity index (χ0v) is 11.9. The first-order valence-corrected chi connectivity index (χ1v) is 6.09. The average molecular weight is 270 g/mol. The van der Waals surface area contributed by atoms with Crippen molar-refractivity contribution in [1.29, 1.82) is 0 Å². The molecule has 0 aliphatic carbocycles. The third-order valence-electron chi connectivity index (χ3n) is 2.21. The van der Waals surface area contributed by atoms with Gasteiger partial charge in [-0.2, -0.15) is 15.0 Å². The Morgan fingerprint density at radius 1 is 1.05 bits per heavy atom. The molecule has 1 aromatic rings. The maximum Gasteiger partial charge on any atom is 0.231 e. The Hall–Kier alpha value is -1.67. The molecule has 0 amide bonds. The van der Waals surface area contributed by atoms with E-state index in [0.717, 1.165) is 0 Å². The molecule has 0 radical (unpaired) electrons. The van der Waals surface area contributed by atoms with Crippen LogP contribution < -0.4 is 15.5 Å². The van der Waals surface area contributed by atoms with Gasteiger partial charge < -0.3 is 25.0 Å². The van der Waals surface area contributed by atoms with Crippen LogP contribution in [0, 0.1) is 0 Å². The van der Waals surface area contributed by atoms with Crippen LogP contribution in [0.1, 0.15) is 0 Å². The van der Waals surface area contributed by atoms with Crippen molar-refractivity contribution in [3.8, 4) is 0 Å². The summed E-state index contributed by atoms with van der Waals surface area (Å²) >= 11 is 0. The Kier molecular flexibility index (Phi) is 6.83. The summed E-state index contributed by atoms with van der Waals surface area (Å²) < 4.78 is 10.2. The molecule has 0 atom stereocenters. The molecule has 108 valence electrons. The summed E-state index contributed by atoms with van der Waals surface area (Å²) in [6.07, 6.45) is 0. The normalized spacial score (nSPS) is 10.3. The summed E-state index contributed by atoms with van der Waals surface area (Å²) in [4.78, 5) is 14.6. The predicted molar refractivity (Wildman–Crippen MR) is 74.9 cm³/mol. The van der Waals surface area contributed by atoms with Gasteiger partial charge in [0.15, 0.2) is 0 Å². The third-order valence-corrected chi connectivity index (χ3v) is 2.21. The van der Waals surface area contributed by atoms with Crippen LogP contribution in [-0.2, 0) is 9.47 Å². The largest absolute Gasteiger partial charge is 0.382 e. The van der Waals surface area contributed by atoms with Gasteiger partial charge in [0, 0.05) is 34.8 Å². The highest BCUT2D eigenvalue weighted by atomic mass is 16.5. The van der Waals surface area contributed by atoms with Gasteiger partial charge in [-0.25, -0.2) is 0 Å². The van der Waals surface area contributed by atoms with E-state index in [4.69, 9.17) is 9.47 Å². The fraction of sp³-hybridized carbons (Fsp3) is 0.727. The number of methoxy groups -OCH3 is 1. The van der Waals surface area contributed by atoms with Gasteiger partial charge in [-0.3, -0.25) is 0 Å². The van der Waals surface area contributed by atoms with Crippen LogP contribution in [0.3, 0.4) is 0 Å². The van der Waals surface area contributed by atoms with Crippen LogP contribution in [0.2, 0.25) is 0 Å². The van der Waals surface area contributed by atoms with Gasteiger partial charge in [-0.05, 0) is 0 Å². The highest BCUT2D eigenvalue weighted by Crippen LogP contribution is 2.10. The molecular formula is C11H22N6O2. The number of rotatable bonds is 9. The van der Waals surface area contributed by atoms with Gasteiger partial charge in [0.05, 0.1) is 19.8 Å². The van der Waals surface area contributed by atoms with Crippen LogP contribution in [0.15, 0.2) is 0 Å². The highest BCUT2D eigenvalue weighted by molar-refractivity contribution is 5.42. The summed E-state index contributed by atoms with van der Waals surface area (Å²) in [6.45, 7) is 2.38. The topological polar surface area (TPSA) is 84.4 Å². The number of anilines is 3. The number of aromatic nitrogens is 3. The molecule has 0 spiro atoms. The van der Waals surface area contributed by atoms with Gasteiger partial charge in [-0.15, -0.1) is 0 Å². The summed E-state index contributed by atoms with van der Waals surface area (Å²) in [6, 6.07) is 0. The zero-order valence-electron chi connectivity index (χ0n) is 11.9. The van der Waals surface area contributed by atoms with E-state index in [1.54, 1.807) is 14.2 Å². The molecule has 0 aliphatic heterocycles. The maximum absolute atomic E-state index is 5.35. The minimum atomic E-state index is 0.526. The van der Waals surface area contributed by atoms with Crippen molar-refractivity contribution in [1.82, 2.24) is 15.0 Å². The van der Waals surface area contributed by atoms with E-state index in [2.05, 4.69) is 25.6 Å². The van der Waals surface area contributed by atoms with Crippen LogP contribution >= 0.6 is 0 Å². The van der Waals surface area contributed by atoms with E-state index in [9.17, 15) is 0 Å². The second kappa shape index (κ2) is 8.44. The number of hydrogen-bond donors (Lipinski definition) is 2. The molecule has 0 saturated carbocycles. The first-order chi connectivity index (χ1) is 9.17. The quantitative estimate of drug-likeness (QED) is 0.609. The Morgan fingerprint density at radius 3 is 2.42 bits per heavy atom. The van der Waals surface area contributed by atoms with Crippen LogP contribution in [0.4, 0.5) is 17.8 Å². The lowest BCUT2D eigenvalue weighted by Crippen LogP contribution is -2.18. The fourth-order valence-electron chi connectivity index (χ4n) is 1.23. The molecule has 8 heteroatoms. The van der Waals surface area contributed by atoms with Gasteiger partial charge in [0.25, 0.3) is 0 Å². The average Bonchev–Trinajstić information content (AvgIpc) is 2.42. The van der Waals surface area contributed by atoms with E-state index in [-0.39, 0.29) is 0 Å². The molecular weight excluding hydrogens is 248 g/mol. The number of nitrogens with zero attached hydrogens (tertiary/aromatic N) is 4. The van der Waals surface area contributed by atoms with Gasteiger partial charge >= 0.3 is 0 Å². The number of nitrogens with one attached hydrogen (secondary N) is 2. The van der Waals surface area contributed by atoms with Crippen LogP contribution in [0.25, 0.3) is 0 Å². The monoisotopic (exact) mass is 270 g/mol. The Balaban J connectivity index is 2.46. The molecule has 1 heterocycles. The van der Waals surface area contributed by atoms with Crippen molar-refractivity contribution in [3.63, 3.8) is 0 Å². The van der Waals surface area contributed by atoms with Crippen molar-refractivity contribution < 1.29 is 9.47 Å². The molecule has 0 aliphatic rings. The first-order valence-electron chi connectivity index (χ1n) is 6.09. The molecule has 0 aromatic carbocycles. The predicted octanol–water partition coefficient (Wildman–Crippen LogP) is 0.0542. The Labute approximate surface area is 113 Å². The summed E-state index contributed by atoms with van der Waals surface area (Å²) in [7, 11) is 7.18. The zero-order chi connectivity index (χ0) is 14.1. The maximum atomic E-state index is 5.35. The van der Waals surface area contributed by atoms with Gasteiger partial charge in [-0.1, -0.05) is 0 Å². The summed E-state index contributed by atoms with van der Waals surface area (Å²) in [5, 5.41) is 6.00. The number of hydrogen-bond acceptors (Lipinski definition) is 8. The molecule has 2 N–H and O–H groups in total. The van der Waals surface area contributed by atoms with E-state index < -0.39 is 0 Å². The van der Waals surface area contributed by atoms with Crippen molar-refractivity contribution in [2.75, 3.05) is 70.2 Å². The molecule has 1 aromatic heterocycles. The van der Waals surface area contributed by atoms with E-state index in [1.807, 2.05) is 19.0 Å². The summed E-state index contributed by atoms with van der Waals surface area (Å²) in [5.74, 6) is 1.65. The second-order valence-corrected chi connectivity index (χ2v) is 3.96. The first kappa shape index (κ1) is 15.4. The second-order valence-electron chi connectivity index (χ2n) is 3.96. The van der Waals surface area contributed by atoms with Crippen molar-refractivity contribution in [3.05, 3.63) is 0 Å². The van der Waals surface area contributed by atoms with Crippen molar-refractivity contribution in [2.24, 2.45) is 0 Å². The number of ether oxygens (including phenoxy) is 2. The Bertz CT molecular complexity index is 374. The van der Waals surface area contributed by atoms with Crippen molar-refractivity contribution in [2.45, 2.75) is 0 Å². The van der Waals surface area contributed by atoms with Crippen LogP contribution in [-0.4, -0.2) is 69.6 Å². The highest BCUT2D eigenvalue weighted by Gasteiger charge is 2.06. The lowest BCUT2D eigenvalue weighted by molar-refractivity contribution is 0.0759. The fourth-order valence-corrected chi connectivity index (χ4v) is 1.23. The molecule has 0 bridgehead atoms.